The minimum Gasteiger partial charge on any atom is -0.288 e. The van der Waals surface area contributed by atoms with Crippen molar-refractivity contribution in [1.82, 2.24) is 4.98 Å². The van der Waals surface area contributed by atoms with Gasteiger partial charge in [0.25, 0.3) is 11.6 Å². The molecule has 1 heterocycles. The lowest BCUT2D eigenvalue weighted by atomic mass is 10.1. The van der Waals surface area contributed by atoms with E-state index in [9.17, 15) is 14.9 Å². The standard InChI is InChI=1S/C21H19N3O3/c1-2-16-6-8-17(9-7-16)15-23(20-5-3-4-14-22-20)21(25)18-10-12-19(13-11-18)24(26)27/h3-14H,2,15H2,1H3. The highest BCUT2D eigenvalue weighted by Crippen LogP contribution is 2.20. The summed E-state index contributed by atoms with van der Waals surface area (Å²) >= 11 is 0. The van der Waals surface area contributed by atoms with E-state index < -0.39 is 4.92 Å². The van der Waals surface area contributed by atoms with Crippen LogP contribution in [0.15, 0.2) is 72.9 Å². The van der Waals surface area contributed by atoms with Crippen LogP contribution in [-0.2, 0) is 13.0 Å². The highest BCUT2D eigenvalue weighted by atomic mass is 16.6. The number of pyridine rings is 1. The first-order valence-electron chi connectivity index (χ1n) is 8.63. The molecule has 0 aliphatic carbocycles. The molecule has 6 heteroatoms. The summed E-state index contributed by atoms with van der Waals surface area (Å²) in [6, 6.07) is 19.1. The molecule has 0 unspecified atom stereocenters. The third-order valence-electron chi connectivity index (χ3n) is 4.27. The Hall–Kier alpha value is -3.54. The van der Waals surface area contributed by atoms with Crippen LogP contribution < -0.4 is 4.90 Å². The Morgan fingerprint density at radius 2 is 1.67 bits per heavy atom. The van der Waals surface area contributed by atoms with Gasteiger partial charge in [-0.15, -0.1) is 0 Å². The molecule has 2 aromatic carbocycles. The van der Waals surface area contributed by atoms with E-state index in [1.807, 2.05) is 30.3 Å². The van der Waals surface area contributed by atoms with Crippen LogP contribution in [-0.4, -0.2) is 15.8 Å². The number of nitrogens with zero attached hydrogens (tertiary/aromatic N) is 3. The molecule has 0 bridgehead atoms. The molecular weight excluding hydrogens is 342 g/mol. The van der Waals surface area contributed by atoms with Crippen LogP contribution in [0.2, 0.25) is 0 Å². The SMILES string of the molecule is CCc1ccc(CN(C(=O)c2ccc([N+](=O)[O-])cc2)c2ccccn2)cc1. The molecule has 0 radical (unpaired) electrons. The molecule has 0 N–H and O–H groups in total. The molecular formula is C21H19N3O3. The number of hydrogen-bond acceptors (Lipinski definition) is 4. The van der Waals surface area contributed by atoms with Gasteiger partial charge < -0.3 is 0 Å². The number of amides is 1. The van der Waals surface area contributed by atoms with Crippen molar-refractivity contribution in [2.75, 3.05) is 4.90 Å². The molecule has 1 aromatic heterocycles. The van der Waals surface area contributed by atoms with E-state index in [2.05, 4.69) is 11.9 Å². The molecule has 0 atom stereocenters. The Balaban J connectivity index is 1.91. The quantitative estimate of drug-likeness (QED) is 0.482. The zero-order valence-electron chi connectivity index (χ0n) is 14.9. The highest BCUT2D eigenvalue weighted by Gasteiger charge is 2.20. The number of carbonyl (C=O) groups is 1. The van der Waals surface area contributed by atoms with Gasteiger partial charge in [-0.1, -0.05) is 37.3 Å². The van der Waals surface area contributed by atoms with Gasteiger partial charge in [0.1, 0.15) is 5.82 Å². The molecule has 6 nitrogen and oxygen atoms in total. The summed E-state index contributed by atoms with van der Waals surface area (Å²) in [4.78, 5) is 29.3. The fourth-order valence-corrected chi connectivity index (χ4v) is 2.71. The lowest BCUT2D eigenvalue weighted by Crippen LogP contribution is -2.31. The van der Waals surface area contributed by atoms with E-state index in [0.29, 0.717) is 17.9 Å². The van der Waals surface area contributed by atoms with E-state index >= 15 is 0 Å². The highest BCUT2D eigenvalue weighted by molar-refractivity contribution is 6.05. The summed E-state index contributed by atoms with van der Waals surface area (Å²) in [5, 5.41) is 10.8. The number of aryl methyl sites for hydroxylation is 1. The minimum atomic E-state index is -0.486. The topological polar surface area (TPSA) is 76.3 Å². The second-order valence-corrected chi connectivity index (χ2v) is 6.05. The van der Waals surface area contributed by atoms with E-state index in [1.165, 1.54) is 29.8 Å². The van der Waals surface area contributed by atoms with Crippen molar-refractivity contribution in [3.8, 4) is 0 Å². The maximum Gasteiger partial charge on any atom is 0.269 e. The summed E-state index contributed by atoms with van der Waals surface area (Å²) in [7, 11) is 0. The molecule has 1 amide bonds. The number of aromatic nitrogens is 1. The molecule has 0 saturated heterocycles. The zero-order chi connectivity index (χ0) is 19.2. The molecule has 3 rings (SSSR count). The predicted molar refractivity (Wildman–Crippen MR) is 104 cm³/mol. The van der Waals surface area contributed by atoms with E-state index in [1.54, 1.807) is 23.2 Å². The molecule has 0 aliphatic rings. The van der Waals surface area contributed by atoms with E-state index in [4.69, 9.17) is 0 Å². The van der Waals surface area contributed by atoms with Crippen molar-refractivity contribution < 1.29 is 9.72 Å². The minimum absolute atomic E-state index is 0.0499. The fourth-order valence-electron chi connectivity index (χ4n) is 2.71. The number of carbonyl (C=O) groups excluding carboxylic acids is 1. The van der Waals surface area contributed by atoms with Gasteiger partial charge >= 0.3 is 0 Å². The Labute approximate surface area is 157 Å². The number of rotatable bonds is 6. The monoisotopic (exact) mass is 361 g/mol. The first kappa shape index (κ1) is 18.3. The fraction of sp³-hybridized carbons (Fsp3) is 0.143. The number of anilines is 1. The Morgan fingerprint density at radius 3 is 2.22 bits per heavy atom. The molecule has 0 aliphatic heterocycles. The average Bonchev–Trinajstić information content (AvgIpc) is 2.72. The number of non-ortho nitro benzene ring substituents is 1. The lowest BCUT2D eigenvalue weighted by molar-refractivity contribution is -0.384. The first-order chi connectivity index (χ1) is 13.1. The van der Waals surface area contributed by atoms with Crippen LogP contribution >= 0.6 is 0 Å². The third kappa shape index (κ3) is 4.36. The van der Waals surface area contributed by atoms with Crippen molar-refractivity contribution in [2.24, 2.45) is 0 Å². The van der Waals surface area contributed by atoms with Crippen molar-refractivity contribution in [1.29, 1.82) is 0 Å². The largest absolute Gasteiger partial charge is 0.288 e. The molecule has 3 aromatic rings. The Morgan fingerprint density at radius 1 is 1.00 bits per heavy atom. The number of benzene rings is 2. The maximum atomic E-state index is 13.1. The van der Waals surface area contributed by atoms with Crippen molar-refractivity contribution in [3.63, 3.8) is 0 Å². The lowest BCUT2D eigenvalue weighted by Gasteiger charge is -2.22. The number of nitro benzene ring substituents is 1. The van der Waals surface area contributed by atoms with Gasteiger partial charge in [0.05, 0.1) is 11.5 Å². The third-order valence-corrected chi connectivity index (χ3v) is 4.27. The first-order valence-corrected chi connectivity index (χ1v) is 8.63. The molecule has 0 fully saturated rings. The normalized spacial score (nSPS) is 10.4. The Kier molecular flexibility index (Phi) is 5.56. The molecule has 136 valence electrons. The van der Waals surface area contributed by atoms with Gasteiger partial charge in [0.15, 0.2) is 0 Å². The number of nitro groups is 1. The molecule has 0 spiro atoms. The van der Waals surface area contributed by atoms with Crippen LogP contribution in [0.3, 0.4) is 0 Å². The van der Waals surface area contributed by atoms with Crippen molar-refractivity contribution >= 4 is 17.4 Å². The average molecular weight is 361 g/mol. The van der Waals surface area contributed by atoms with E-state index in [-0.39, 0.29) is 11.6 Å². The summed E-state index contributed by atoms with van der Waals surface area (Å²) in [6.07, 6.45) is 2.58. The molecule has 0 saturated carbocycles. The maximum absolute atomic E-state index is 13.1. The second-order valence-electron chi connectivity index (χ2n) is 6.05. The smallest absolute Gasteiger partial charge is 0.269 e. The predicted octanol–water partition coefficient (Wildman–Crippen LogP) is 4.40. The van der Waals surface area contributed by atoms with Gasteiger partial charge in [-0.3, -0.25) is 19.8 Å². The van der Waals surface area contributed by atoms with Crippen molar-refractivity contribution in [3.05, 3.63) is 99.7 Å². The summed E-state index contributed by atoms with van der Waals surface area (Å²) in [5.41, 5.74) is 2.53. The van der Waals surface area contributed by atoms with E-state index in [0.717, 1.165) is 12.0 Å². The molecule has 27 heavy (non-hydrogen) atoms. The second kappa shape index (κ2) is 8.23. The van der Waals surface area contributed by atoms with Crippen LogP contribution in [0.5, 0.6) is 0 Å². The van der Waals surface area contributed by atoms with Gasteiger partial charge in [-0.25, -0.2) is 4.98 Å². The van der Waals surface area contributed by atoms with Crippen LogP contribution in [0.4, 0.5) is 11.5 Å². The zero-order valence-corrected chi connectivity index (χ0v) is 14.9. The van der Waals surface area contributed by atoms with Gasteiger partial charge in [0.2, 0.25) is 0 Å². The van der Waals surface area contributed by atoms with Gasteiger partial charge in [0, 0.05) is 23.9 Å². The van der Waals surface area contributed by atoms with Crippen molar-refractivity contribution in [2.45, 2.75) is 19.9 Å². The Bertz CT molecular complexity index is 923. The van der Waals surface area contributed by atoms with Crippen LogP contribution in [0.25, 0.3) is 0 Å². The van der Waals surface area contributed by atoms with Crippen LogP contribution in [0, 0.1) is 10.1 Å². The summed E-state index contributed by atoms with van der Waals surface area (Å²) < 4.78 is 0. The summed E-state index contributed by atoms with van der Waals surface area (Å²) in [5.74, 6) is 0.267. The van der Waals surface area contributed by atoms with Crippen LogP contribution in [0.1, 0.15) is 28.4 Å². The number of hydrogen-bond donors (Lipinski definition) is 0. The summed E-state index contributed by atoms with van der Waals surface area (Å²) in [6.45, 7) is 2.45. The van der Waals surface area contributed by atoms with Gasteiger partial charge in [-0.2, -0.15) is 0 Å². The van der Waals surface area contributed by atoms with Gasteiger partial charge in [-0.05, 0) is 41.8 Å².